The van der Waals surface area contributed by atoms with Crippen molar-refractivity contribution < 1.29 is 19.8 Å². The van der Waals surface area contributed by atoms with Crippen LogP contribution in [0.2, 0.25) is 0 Å². The molecule has 5 nitrogen and oxygen atoms in total. The second-order valence-electron chi connectivity index (χ2n) is 4.40. The van der Waals surface area contributed by atoms with Gasteiger partial charge in [0, 0.05) is 6.42 Å². The summed E-state index contributed by atoms with van der Waals surface area (Å²) in [7, 11) is 0. The lowest BCUT2D eigenvalue weighted by atomic mass is 9.83. The molecule has 0 radical (unpaired) electrons. The first kappa shape index (κ1) is 12.0. The minimum absolute atomic E-state index is 0.0174. The van der Waals surface area contributed by atoms with Crippen molar-refractivity contribution in [2.75, 3.05) is 13.1 Å². The van der Waals surface area contributed by atoms with Crippen LogP contribution in [0.1, 0.15) is 26.7 Å². The van der Waals surface area contributed by atoms with Crippen molar-refractivity contribution in [2.45, 2.75) is 32.3 Å². The molecule has 0 aromatic heterocycles. The summed E-state index contributed by atoms with van der Waals surface area (Å²) in [5, 5.41) is 18.3. The Morgan fingerprint density at radius 3 is 2.27 bits per heavy atom. The fourth-order valence-corrected chi connectivity index (χ4v) is 1.53. The molecule has 0 atom stereocenters. The van der Waals surface area contributed by atoms with Gasteiger partial charge in [-0.3, -0.25) is 9.59 Å². The number of hydrogen-bond acceptors (Lipinski definition) is 3. The predicted molar refractivity (Wildman–Crippen MR) is 53.2 cm³/mol. The molecule has 1 aliphatic heterocycles. The molecular formula is C10H17NO4. The number of amides is 1. The highest BCUT2D eigenvalue weighted by atomic mass is 16.4. The number of carboxylic acids is 1. The van der Waals surface area contributed by atoms with Gasteiger partial charge in [-0.05, 0) is 5.92 Å². The quantitative estimate of drug-likeness (QED) is 0.696. The van der Waals surface area contributed by atoms with Crippen LogP contribution < -0.4 is 0 Å². The molecule has 0 unspecified atom stereocenters. The highest BCUT2D eigenvalue weighted by molar-refractivity contribution is 5.81. The zero-order valence-electron chi connectivity index (χ0n) is 9.06. The van der Waals surface area contributed by atoms with Crippen molar-refractivity contribution in [3.8, 4) is 0 Å². The number of carbonyl (C=O) groups is 2. The van der Waals surface area contributed by atoms with Crippen molar-refractivity contribution in [3.05, 3.63) is 0 Å². The number of carbonyl (C=O) groups excluding carboxylic acids is 1. The fraction of sp³-hybridized carbons (Fsp3) is 0.800. The van der Waals surface area contributed by atoms with Gasteiger partial charge in [0.25, 0.3) is 0 Å². The van der Waals surface area contributed by atoms with Crippen molar-refractivity contribution in [3.63, 3.8) is 0 Å². The lowest BCUT2D eigenvalue weighted by Crippen LogP contribution is -2.65. The summed E-state index contributed by atoms with van der Waals surface area (Å²) in [6, 6.07) is 0. The van der Waals surface area contributed by atoms with Crippen LogP contribution >= 0.6 is 0 Å². The van der Waals surface area contributed by atoms with E-state index in [9.17, 15) is 14.7 Å². The number of β-amino-alcohol motifs (C(OH)–C–C–N with tert-alkyl or cyclic N) is 1. The molecule has 15 heavy (non-hydrogen) atoms. The molecular weight excluding hydrogens is 198 g/mol. The van der Waals surface area contributed by atoms with Gasteiger partial charge in [0.05, 0.1) is 19.5 Å². The summed E-state index contributed by atoms with van der Waals surface area (Å²) in [6.07, 6.45) is -0.126. The summed E-state index contributed by atoms with van der Waals surface area (Å²) in [4.78, 5) is 23.1. The van der Waals surface area contributed by atoms with E-state index in [1.54, 1.807) is 0 Å². The van der Waals surface area contributed by atoms with Gasteiger partial charge < -0.3 is 15.1 Å². The average Bonchev–Trinajstić information content (AvgIpc) is 2.08. The average molecular weight is 215 g/mol. The van der Waals surface area contributed by atoms with Gasteiger partial charge in [-0.25, -0.2) is 0 Å². The van der Waals surface area contributed by atoms with Crippen molar-refractivity contribution >= 4 is 11.9 Å². The molecule has 0 aromatic rings. The van der Waals surface area contributed by atoms with E-state index in [1.807, 2.05) is 13.8 Å². The third-order valence-corrected chi connectivity index (χ3v) is 2.91. The molecule has 5 heteroatoms. The second kappa shape index (κ2) is 4.18. The van der Waals surface area contributed by atoms with E-state index < -0.39 is 11.6 Å². The Morgan fingerprint density at radius 2 is 1.87 bits per heavy atom. The Morgan fingerprint density at radius 1 is 1.33 bits per heavy atom. The Kier molecular flexibility index (Phi) is 3.34. The van der Waals surface area contributed by atoms with Gasteiger partial charge >= 0.3 is 5.97 Å². The van der Waals surface area contributed by atoms with E-state index in [1.165, 1.54) is 4.90 Å². The van der Waals surface area contributed by atoms with E-state index >= 15 is 0 Å². The maximum absolute atomic E-state index is 11.4. The first-order valence-electron chi connectivity index (χ1n) is 5.07. The van der Waals surface area contributed by atoms with E-state index in [2.05, 4.69) is 0 Å². The lowest BCUT2D eigenvalue weighted by molar-refractivity contribution is -0.164. The maximum Gasteiger partial charge on any atom is 0.303 e. The number of aliphatic hydroxyl groups is 1. The minimum atomic E-state index is -0.969. The number of carboxylic acid groups (broad SMARTS) is 1. The molecule has 0 bridgehead atoms. The van der Waals surface area contributed by atoms with Gasteiger partial charge in [-0.2, -0.15) is 0 Å². The first-order valence-corrected chi connectivity index (χ1v) is 5.07. The van der Waals surface area contributed by atoms with Gasteiger partial charge in [0.15, 0.2) is 0 Å². The molecule has 1 aliphatic rings. The van der Waals surface area contributed by atoms with Crippen LogP contribution in [0.15, 0.2) is 0 Å². The van der Waals surface area contributed by atoms with Gasteiger partial charge in [0.2, 0.25) is 5.91 Å². The zero-order chi connectivity index (χ0) is 11.6. The Balaban J connectivity index is 2.32. The molecule has 1 rings (SSSR count). The molecule has 0 saturated carbocycles. The fourth-order valence-electron chi connectivity index (χ4n) is 1.53. The number of likely N-dealkylation sites (tertiary alicyclic amines) is 1. The number of aliphatic carboxylic acids is 1. The van der Waals surface area contributed by atoms with Crippen LogP contribution in [0.3, 0.4) is 0 Å². The molecule has 1 heterocycles. The first-order chi connectivity index (χ1) is 6.85. The van der Waals surface area contributed by atoms with Crippen LogP contribution in [0.5, 0.6) is 0 Å². The minimum Gasteiger partial charge on any atom is -0.481 e. The summed E-state index contributed by atoms with van der Waals surface area (Å²) >= 11 is 0. The standard InChI is InChI=1S/C10H17NO4/c1-7(2)10(15)5-11(6-10)8(12)3-4-9(13)14/h7,15H,3-6H2,1-2H3,(H,13,14). The Hall–Kier alpha value is -1.10. The third-order valence-electron chi connectivity index (χ3n) is 2.91. The van der Waals surface area contributed by atoms with Gasteiger partial charge in [-0.1, -0.05) is 13.8 Å². The summed E-state index contributed by atoms with van der Waals surface area (Å²) in [5.41, 5.74) is -0.779. The Labute approximate surface area is 88.7 Å². The molecule has 0 aliphatic carbocycles. The molecule has 1 saturated heterocycles. The van der Waals surface area contributed by atoms with Crippen molar-refractivity contribution in [2.24, 2.45) is 5.92 Å². The van der Waals surface area contributed by atoms with Crippen LogP contribution in [-0.2, 0) is 9.59 Å². The topological polar surface area (TPSA) is 77.8 Å². The van der Waals surface area contributed by atoms with Crippen LogP contribution in [0.25, 0.3) is 0 Å². The molecule has 86 valence electrons. The molecule has 0 aromatic carbocycles. The maximum atomic E-state index is 11.4. The van der Waals surface area contributed by atoms with Gasteiger partial charge in [0.1, 0.15) is 5.60 Å². The van der Waals surface area contributed by atoms with Crippen LogP contribution in [0, 0.1) is 5.92 Å². The van der Waals surface area contributed by atoms with Crippen molar-refractivity contribution in [1.82, 2.24) is 4.90 Å². The third kappa shape index (κ3) is 2.68. The van der Waals surface area contributed by atoms with Crippen LogP contribution in [-0.4, -0.2) is 45.7 Å². The number of hydrogen-bond donors (Lipinski definition) is 2. The van der Waals surface area contributed by atoms with E-state index in [0.717, 1.165) is 0 Å². The van der Waals surface area contributed by atoms with E-state index in [-0.39, 0.29) is 24.7 Å². The van der Waals surface area contributed by atoms with Gasteiger partial charge in [-0.15, -0.1) is 0 Å². The summed E-state index contributed by atoms with van der Waals surface area (Å²) < 4.78 is 0. The SMILES string of the molecule is CC(C)C1(O)CN(C(=O)CCC(=O)O)C1. The van der Waals surface area contributed by atoms with E-state index in [0.29, 0.717) is 13.1 Å². The zero-order valence-corrected chi connectivity index (χ0v) is 9.06. The van der Waals surface area contributed by atoms with Crippen molar-refractivity contribution in [1.29, 1.82) is 0 Å². The second-order valence-corrected chi connectivity index (χ2v) is 4.40. The highest BCUT2D eigenvalue weighted by Crippen LogP contribution is 2.28. The normalized spacial score (nSPS) is 18.8. The molecule has 0 spiro atoms. The predicted octanol–water partition coefficient (Wildman–Crippen LogP) is 0.0805. The number of nitrogens with zero attached hydrogens (tertiary/aromatic N) is 1. The van der Waals surface area contributed by atoms with E-state index in [4.69, 9.17) is 5.11 Å². The lowest BCUT2D eigenvalue weighted by Gasteiger charge is -2.49. The van der Waals surface area contributed by atoms with Crippen LogP contribution in [0.4, 0.5) is 0 Å². The Bertz CT molecular complexity index is 269. The highest BCUT2D eigenvalue weighted by Gasteiger charge is 2.45. The summed E-state index contributed by atoms with van der Waals surface area (Å²) in [6.45, 7) is 4.45. The monoisotopic (exact) mass is 215 g/mol. The number of rotatable bonds is 4. The summed E-state index contributed by atoms with van der Waals surface area (Å²) in [5.74, 6) is -1.05. The molecule has 1 fully saturated rings. The molecule has 2 N–H and O–H groups in total. The largest absolute Gasteiger partial charge is 0.481 e. The smallest absolute Gasteiger partial charge is 0.303 e. The molecule has 1 amide bonds.